The van der Waals surface area contributed by atoms with Gasteiger partial charge in [0.1, 0.15) is 5.75 Å². The van der Waals surface area contributed by atoms with Gasteiger partial charge in [-0.15, -0.1) is 0 Å². The molecule has 19 heavy (non-hydrogen) atoms. The van der Waals surface area contributed by atoms with E-state index in [1.165, 1.54) is 30.3 Å². The van der Waals surface area contributed by atoms with E-state index in [1.807, 2.05) is 0 Å². The lowest BCUT2D eigenvalue weighted by molar-refractivity contribution is -0.385. The fraction of sp³-hybridized carbons (Fsp3) is 0. The second kappa shape index (κ2) is 5.49. The van der Waals surface area contributed by atoms with Crippen LogP contribution >= 0.6 is 11.6 Å². The molecular formula is C13H8ClNO4. The molecular weight excluding hydrogens is 270 g/mol. The van der Waals surface area contributed by atoms with Gasteiger partial charge in [-0.2, -0.15) is 0 Å². The first-order chi connectivity index (χ1) is 9.11. The van der Waals surface area contributed by atoms with E-state index < -0.39 is 4.92 Å². The number of nitrogens with zero attached hydrogens (tertiary/aromatic N) is 1. The van der Waals surface area contributed by atoms with Crippen LogP contribution in [0.25, 0.3) is 0 Å². The van der Waals surface area contributed by atoms with Crippen molar-refractivity contribution in [1.29, 1.82) is 0 Å². The average Bonchev–Trinajstić information content (AvgIpc) is 2.39. The first kappa shape index (κ1) is 13.0. The fourth-order valence-corrected chi connectivity index (χ4v) is 1.70. The van der Waals surface area contributed by atoms with Crippen molar-refractivity contribution < 1.29 is 14.5 Å². The Hall–Kier alpha value is -2.40. The summed E-state index contributed by atoms with van der Waals surface area (Å²) < 4.78 is 5.41. The number of carbonyl (C=O) groups excluding carboxylic acids is 1. The van der Waals surface area contributed by atoms with Gasteiger partial charge in [0.15, 0.2) is 6.29 Å². The molecule has 0 unspecified atom stereocenters. The number of ether oxygens (including phenoxy) is 1. The Balaban J connectivity index is 2.34. The molecule has 2 aromatic carbocycles. The van der Waals surface area contributed by atoms with E-state index in [0.717, 1.165) is 0 Å². The molecule has 0 saturated heterocycles. The predicted molar refractivity (Wildman–Crippen MR) is 70.0 cm³/mol. The summed E-state index contributed by atoms with van der Waals surface area (Å²) in [7, 11) is 0. The standard InChI is InChI=1S/C13H8ClNO4/c14-11-7-10(6-5-9(11)8-16)19-13-4-2-1-3-12(13)15(17)18/h1-8H. The highest BCUT2D eigenvalue weighted by molar-refractivity contribution is 6.33. The molecule has 0 N–H and O–H groups in total. The molecule has 0 spiro atoms. The van der Waals surface area contributed by atoms with Crippen LogP contribution < -0.4 is 4.74 Å². The third kappa shape index (κ3) is 2.89. The summed E-state index contributed by atoms with van der Waals surface area (Å²) >= 11 is 5.85. The highest BCUT2D eigenvalue weighted by Gasteiger charge is 2.14. The molecule has 2 rings (SSSR count). The minimum atomic E-state index is -0.531. The highest BCUT2D eigenvalue weighted by Crippen LogP contribution is 2.32. The molecule has 0 aliphatic carbocycles. The molecule has 0 saturated carbocycles. The number of hydrogen-bond donors (Lipinski definition) is 0. The number of rotatable bonds is 4. The summed E-state index contributed by atoms with van der Waals surface area (Å²) in [6.45, 7) is 0. The van der Waals surface area contributed by atoms with E-state index in [9.17, 15) is 14.9 Å². The first-order valence-corrected chi connectivity index (χ1v) is 5.65. The quantitative estimate of drug-likeness (QED) is 0.483. The first-order valence-electron chi connectivity index (χ1n) is 5.28. The van der Waals surface area contributed by atoms with Crippen LogP contribution in [0.3, 0.4) is 0 Å². The molecule has 96 valence electrons. The molecule has 0 aliphatic heterocycles. The van der Waals surface area contributed by atoms with E-state index in [4.69, 9.17) is 16.3 Å². The van der Waals surface area contributed by atoms with Crippen LogP contribution in [0.5, 0.6) is 11.5 Å². The molecule has 0 atom stereocenters. The van der Waals surface area contributed by atoms with Gasteiger partial charge in [0, 0.05) is 17.7 Å². The number of nitro groups is 1. The molecule has 5 nitrogen and oxygen atoms in total. The van der Waals surface area contributed by atoms with Gasteiger partial charge in [-0.25, -0.2) is 0 Å². The minimum absolute atomic E-state index is 0.113. The molecule has 2 aromatic rings. The van der Waals surface area contributed by atoms with Gasteiger partial charge in [0.05, 0.1) is 9.95 Å². The van der Waals surface area contributed by atoms with Crippen LogP contribution in [0.1, 0.15) is 10.4 Å². The minimum Gasteiger partial charge on any atom is -0.450 e. The summed E-state index contributed by atoms with van der Waals surface area (Å²) in [6.07, 6.45) is 0.622. The molecule has 0 heterocycles. The van der Waals surface area contributed by atoms with Crippen molar-refractivity contribution in [3.8, 4) is 11.5 Å². The predicted octanol–water partition coefficient (Wildman–Crippen LogP) is 3.85. The zero-order chi connectivity index (χ0) is 13.8. The lowest BCUT2D eigenvalue weighted by Crippen LogP contribution is -1.93. The second-order valence-electron chi connectivity index (χ2n) is 3.63. The maximum Gasteiger partial charge on any atom is 0.311 e. The molecule has 0 bridgehead atoms. The van der Waals surface area contributed by atoms with Crippen molar-refractivity contribution in [2.45, 2.75) is 0 Å². The summed E-state index contributed by atoms with van der Waals surface area (Å²) in [5.74, 6) is 0.437. The monoisotopic (exact) mass is 277 g/mol. The van der Waals surface area contributed by atoms with Crippen molar-refractivity contribution in [3.05, 3.63) is 63.2 Å². The van der Waals surface area contributed by atoms with Crippen LogP contribution in [0, 0.1) is 10.1 Å². The number of halogens is 1. The third-order valence-electron chi connectivity index (χ3n) is 2.39. The van der Waals surface area contributed by atoms with Crippen LogP contribution in [0.2, 0.25) is 5.02 Å². The van der Waals surface area contributed by atoms with Gasteiger partial charge in [0.2, 0.25) is 5.75 Å². The maximum absolute atomic E-state index is 10.8. The number of hydrogen-bond acceptors (Lipinski definition) is 4. The fourth-order valence-electron chi connectivity index (χ4n) is 1.49. The molecule has 0 amide bonds. The number of para-hydroxylation sites is 2. The highest BCUT2D eigenvalue weighted by atomic mass is 35.5. The van der Waals surface area contributed by atoms with E-state index in [-0.39, 0.29) is 16.5 Å². The molecule has 6 heteroatoms. The zero-order valence-electron chi connectivity index (χ0n) is 9.58. The van der Waals surface area contributed by atoms with E-state index >= 15 is 0 Å². The molecule has 0 fully saturated rings. The van der Waals surface area contributed by atoms with Crippen molar-refractivity contribution in [1.82, 2.24) is 0 Å². The topological polar surface area (TPSA) is 69.4 Å². The van der Waals surface area contributed by atoms with Gasteiger partial charge < -0.3 is 4.74 Å². The number of aldehydes is 1. The van der Waals surface area contributed by atoms with E-state index in [1.54, 1.807) is 12.1 Å². The Morgan fingerprint density at radius 2 is 1.95 bits per heavy atom. The lowest BCUT2D eigenvalue weighted by atomic mass is 10.2. The summed E-state index contributed by atoms with van der Waals surface area (Å²) in [6, 6.07) is 10.4. The van der Waals surface area contributed by atoms with Crippen molar-refractivity contribution >= 4 is 23.6 Å². The van der Waals surface area contributed by atoms with Gasteiger partial charge in [-0.3, -0.25) is 14.9 Å². The number of carbonyl (C=O) groups is 1. The van der Waals surface area contributed by atoms with Crippen LogP contribution in [0.15, 0.2) is 42.5 Å². The van der Waals surface area contributed by atoms with Crippen LogP contribution in [-0.4, -0.2) is 11.2 Å². The summed E-state index contributed by atoms with van der Waals surface area (Å²) in [5.41, 5.74) is 0.190. The van der Waals surface area contributed by atoms with E-state index in [0.29, 0.717) is 17.6 Å². The van der Waals surface area contributed by atoms with Gasteiger partial charge in [0.25, 0.3) is 0 Å². The Morgan fingerprint density at radius 1 is 1.21 bits per heavy atom. The Morgan fingerprint density at radius 3 is 2.58 bits per heavy atom. The SMILES string of the molecule is O=Cc1ccc(Oc2ccccc2[N+](=O)[O-])cc1Cl. The van der Waals surface area contributed by atoms with Crippen molar-refractivity contribution in [3.63, 3.8) is 0 Å². The smallest absolute Gasteiger partial charge is 0.311 e. The Labute approximate surface area is 113 Å². The van der Waals surface area contributed by atoms with Crippen molar-refractivity contribution in [2.24, 2.45) is 0 Å². The molecule has 0 radical (unpaired) electrons. The lowest BCUT2D eigenvalue weighted by Gasteiger charge is -2.07. The summed E-state index contributed by atoms with van der Waals surface area (Å²) in [4.78, 5) is 20.9. The number of nitro benzene ring substituents is 1. The van der Waals surface area contributed by atoms with Crippen molar-refractivity contribution in [2.75, 3.05) is 0 Å². The van der Waals surface area contributed by atoms with E-state index in [2.05, 4.69) is 0 Å². The molecule has 0 aromatic heterocycles. The third-order valence-corrected chi connectivity index (χ3v) is 2.72. The normalized spacial score (nSPS) is 9.95. The van der Waals surface area contributed by atoms with Gasteiger partial charge >= 0.3 is 5.69 Å². The average molecular weight is 278 g/mol. The number of benzene rings is 2. The Bertz CT molecular complexity index is 642. The van der Waals surface area contributed by atoms with Crippen LogP contribution in [0.4, 0.5) is 5.69 Å². The maximum atomic E-state index is 10.8. The second-order valence-corrected chi connectivity index (χ2v) is 4.04. The summed E-state index contributed by atoms with van der Waals surface area (Å²) in [5, 5.41) is 11.1. The molecule has 0 aliphatic rings. The van der Waals surface area contributed by atoms with Crippen LogP contribution in [-0.2, 0) is 0 Å². The Kier molecular flexibility index (Phi) is 3.77. The zero-order valence-corrected chi connectivity index (χ0v) is 10.3. The largest absolute Gasteiger partial charge is 0.450 e. The van der Waals surface area contributed by atoms with Gasteiger partial charge in [-0.05, 0) is 18.2 Å². The van der Waals surface area contributed by atoms with Gasteiger partial charge in [-0.1, -0.05) is 23.7 Å².